The maximum Gasteiger partial charge on any atom is 0.337 e. The normalized spacial score (nSPS) is 16.3. The molecule has 3 heterocycles. The van der Waals surface area contributed by atoms with Gasteiger partial charge in [-0.2, -0.15) is 9.61 Å². The highest BCUT2D eigenvalue weighted by molar-refractivity contribution is 5.92. The largest absolute Gasteiger partial charge is 0.465 e. The first-order valence-electron chi connectivity index (χ1n) is 9.71. The van der Waals surface area contributed by atoms with Crippen LogP contribution in [0.15, 0.2) is 36.5 Å². The number of hydrogen-bond acceptors (Lipinski definition) is 6. The van der Waals surface area contributed by atoms with Crippen LogP contribution in [-0.4, -0.2) is 40.8 Å². The lowest BCUT2D eigenvalue weighted by atomic mass is 9.96. The Kier molecular flexibility index (Phi) is 6.26. The van der Waals surface area contributed by atoms with E-state index in [4.69, 9.17) is 15.5 Å². The molecule has 3 aromatic rings. The van der Waals surface area contributed by atoms with Crippen LogP contribution in [0.5, 0.6) is 0 Å². The molecule has 0 radical (unpaired) electrons. The molecule has 0 amide bonds. The average Bonchev–Trinajstić information content (AvgIpc) is 3.20. The molecule has 0 bridgehead atoms. The van der Waals surface area contributed by atoms with Crippen molar-refractivity contribution in [2.45, 2.75) is 32.6 Å². The van der Waals surface area contributed by atoms with Gasteiger partial charge in [0.05, 0.1) is 24.6 Å². The molecule has 7 nitrogen and oxygen atoms in total. The Balaban J connectivity index is 0.00000109. The first kappa shape index (κ1) is 19.8. The van der Waals surface area contributed by atoms with Crippen molar-refractivity contribution in [2.75, 3.05) is 25.9 Å². The van der Waals surface area contributed by atoms with Crippen molar-refractivity contribution in [2.24, 2.45) is 0 Å². The number of nitrogens with two attached hydrogens (primary N) is 1. The van der Waals surface area contributed by atoms with Crippen LogP contribution < -0.4 is 11.1 Å². The second-order valence-corrected chi connectivity index (χ2v) is 6.52. The summed E-state index contributed by atoms with van der Waals surface area (Å²) in [5, 5.41) is 7.79. The maximum atomic E-state index is 11.8. The first-order chi connectivity index (χ1) is 13.7. The van der Waals surface area contributed by atoms with Gasteiger partial charge in [0.2, 0.25) is 0 Å². The van der Waals surface area contributed by atoms with Crippen LogP contribution in [0.2, 0.25) is 0 Å². The predicted octanol–water partition coefficient (Wildman–Crippen LogP) is 3.26. The molecule has 3 N–H and O–H groups in total. The number of ether oxygens (including phenoxy) is 1. The van der Waals surface area contributed by atoms with Gasteiger partial charge in [0.25, 0.3) is 0 Å². The summed E-state index contributed by atoms with van der Waals surface area (Å²) >= 11 is 0. The molecule has 0 saturated carbocycles. The van der Waals surface area contributed by atoms with Crippen molar-refractivity contribution in [3.05, 3.63) is 47.8 Å². The minimum Gasteiger partial charge on any atom is -0.465 e. The molecular weight excluding hydrogens is 354 g/mol. The minimum atomic E-state index is -0.371. The van der Waals surface area contributed by atoms with Crippen molar-refractivity contribution < 1.29 is 9.53 Å². The average molecular weight is 381 g/mol. The van der Waals surface area contributed by atoms with E-state index in [9.17, 15) is 4.79 Å². The Morgan fingerprint density at radius 3 is 2.86 bits per heavy atom. The number of anilines is 1. The summed E-state index contributed by atoms with van der Waals surface area (Å²) in [7, 11) is 1.37. The van der Waals surface area contributed by atoms with E-state index in [1.54, 1.807) is 22.8 Å². The monoisotopic (exact) mass is 381 g/mol. The number of carbonyl (C=O) groups is 1. The maximum absolute atomic E-state index is 11.8. The van der Waals surface area contributed by atoms with E-state index in [-0.39, 0.29) is 5.97 Å². The van der Waals surface area contributed by atoms with Crippen LogP contribution >= 0.6 is 0 Å². The zero-order valence-corrected chi connectivity index (χ0v) is 16.6. The minimum absolute atomic E-state index is 0.347. The van der Waals surface area contributed by atoms with Gasteiger partial charge in [0.15, 0.2) is 5.65 Å². The molecule has 1 aliphatic rings. The molecule has 1 atom stereocenters. The Bertz CT molecular complexity index is 961. The lowest BCUT2D eigenvalue weighted by Gasteiger charge is -2.22. The van der Waals surface area contributed by atoms with Crippen molar-refractivity contribution in [1.82, 2.24) is 19.9 Å². The fourth-order valence-electron chi connectivity index (χ4n) is 3.45. The van der Waals surface area contributed by atoms with Gasteiger partial charge >= 0.3 is 5.97 Å². The number of benzene rings is 1. The third-order valence-corrected chi connectivity index (χ3v) is 4.83. The second-order valence-electron chi connectivity index (χ2n) is 6.52. The summed E-state index contributed by atoms with van der Waals surface area (Å²) in [5.74, 6) is 0.538. The number of nitrogen functional groups attached to an aromatic ring is 1. The molecule has 1 aliphatic heterocycles. The number of esters is 1. The zero-order valence-electron chi connectivity index (χ0n) is 16.6. The molecule has 148 valence electrons. The van der Waals surface area contributed by atoms with Gasteiger partial charge < -0.3 is 15.8 Å². The molecule has 1 aromatic carbocycles. The second kappa shape index (κ2) is 8.84. The third-order valence-electron chi connectivity index (χ3n) is 4.83. The van der Waals surface area contributed by atoms with Crippen LogP contribution in [-0.2, 0) is 4.74 Å². The van der Waals surface area contributed by atoms with E-state index in [1.807, 2.05) is 32.0 Å². The Morgan fingerprint density at radius 2 is 2.14 bits per heavy atom. The molecule has 0 spiro atoms. The zero-order chi connectivity index (χ0) is 20.1. The van der Waals surface area contributed by atoms with E-state index in [2.05, 4.69) is 10.4 Å². The fourth-order valence-corrected chi connectivity index (χ4v) is 3.45. The molecule has 1 unspecified atom stereocenters. The van der Waals surface area contributed by atoms with Gasteiger partial charge in [0.1, 0.15) is 5.82 Å². The van der Waals surface area contributed by atoms with Crippen LogP contribution in [0.4, 0.5) is 5.82 Å². The van der Waals surface area contributed by atoms with Crippen molar-refractivity contribution in [3.8, 4) is 11.1 Å². The van der Waals surface area contributed by atoms with Crippen LogP contribution in [0, 0.1) is 0 Å². The van der Waals surface area contributed by atoms with E-state index >= 15 is 0 Å². The number of aromatic nitrogens is 3. The standard InChI is InChI=1S/C19H21N5O2.C2H6/c1-26-19(25)13-5-2-4-12(8-13)15-11-22-24-17(20)9-16(23-18(15)24)14-6-3-7-21-10-14;1-2/h2,4-5,8-9,11,14,21H,3,6-7,10,20H2,1H3;1-2H3. The van der Waals surface area contributed by atoms with E-state index in [0.717, 1.165) is 42.8 Å². The summed E-state index contributed by atoms with van der Waals surface area (Å²) in [6.45, 7) is 5.95. The van der Waals surface area contributed by atoms with Gasteiger partial charge in [0, 0.05) is 24.1 Å². The number of hydrogen-bond donors (Lipinski definition) is 2. The van der Waals surface area contributed by atoms with Crippen LogP contribution in [0.25, 0.3) is 16.8 Å². The number of piperidine rings is 1. The predicted molar refractivity (Wildman–Crippen MR) is 110 cm³/mol. The molecule has 1 fully saturated rings. The fraction of sp³-hybridized carbons (Fsp3) is 0.381. The lowest BCUT2D eigenvalue weighted by Crippen LogP contribution is -2.29. The Morgan fingerprint density at radius 1 is 1.32 bits per heavy atom. The van der Waals surface area contributed by atoms with Crippen molar-refractivity contribution in [1.29, 1.82) is 0 Å². The van der Waals surface area contributed by atoms with Crippen molar-refractivity contribution in [3.63, 3.8) is 0 Å². The topological polar surface area (TPSA) is 94.5 Å². The number of rotatable bonds is 3. The number of nitrogens with one attached hydrogen (secondary N) is 1. The van der Waals surface area contributed by atoms with E-state index in [0.29, 0.717) is 22.9 Å². The third kappa shape index (κ3) is 3.84. The summed E-state index contributed by atoms with van der Waals surface area (Å²) in [5.41, 5.74) is 10.1. The summed E-state index contributed by atoms with van der Waals surface area (Å²) < 4.78 is 6.45. The molecule has 0 aliphatic carbocycles. The van der Waals surface area contributed by atoms with Gasteiger partial charge in [-0.3, -0.25) is 0 Å². The van der Waals surface area contributed by atoms with E-state index in [1.165, 1.54) is 7.11 Å². The van der Waals surface area contributed by atoms with Gasteiger partial charge in [-0.05, 0) is 37.1 Å². The summed E-state index contributed by atoms with van der Waals surface area (Å²) in [6.07, 6.45) is 3.96. The number of carbonyl (C=O) groups excluding carboxylic acids is 1. The van der Waals surface area contributed by atoms with Crippen LogP contribution in [0.1, 0.15) is 48.7 Å². The highest BCUT2D eigenvalue weighted by Gasteiger charge is 2.20. The molecule has 1 saturated heterocycles. The number of fused-ring (bicyclic) bond motifs is 1. The smallest absolute Gasteiger partial charge is 0.337 e. The van der Waals surface area contributed by atoms with Gasteiger partial charge in [-0.1, -0.05) is 26.0 Å². The molecular formula is C21H27N5O2. The highest BCUT2D eigenvalue weighted by atomic mass is 16.5. The summed E-state index contributed by atoms with van der Waals surface area (Å²) in [6, 6.07) is 9.17. The quantitative estimate of drug-likeness (QED) is 0.676. The van der Waals surface area contributed by atoms with Crippen LogP contribution in [0.3, 0.4) is 0 Å². The van der Waals surface area contributed by atoms with E-state index < -0.39 is 0 Å². The summed E-state index contributed by atoms with van der Waals surface area (Å²) in [4.78, 5) is 16.7. The first-order valence-corrected chi connectivity index (χ1v) is 9.71. The Hall–Kier alpha value is -2.93. The molecule has 7 heteroatoms. The highest BCUT2D eigenvalue weighted by Crippen LogP contribution is 2.29. The number of methoxy groups -OCH3 is 1. The van der Waals surface area contributed by atoms with Crippen molar-refractivity contribution >= 4 is 17.4 Å². The Labute approximate surface area is 164 Å². The molecule has 4 rings (SSSR count). The molecule has 2 aromatic heterocycles. The SMILES string of the molecule is CC.COC(=O)c1cccc(-c2cnn3c(N)cc(C4CCCNC4)nc23)c1. The van der Waals surface area contributed by atoms with Gasteiger partial charge in [-0.15, -0.1) is 0 Å². The molecule has 28 heavy (non-hydrogen) atoms. The van der Waals surface area contributed by atoms with Gasteiger partial charge in [-0.25, -0.2) is 9.78 Å². The lowest BCUT2D eigenvalue weighted by molar-refractivity contribution is 0.0601. The number of nitrogens with zero attached hydrogens (tertiary/aromatic N) is 3.